The zero-order chi connectivity index (χ0) is 12.5. The summed E-state index contributed by atoms with van der Waals surface area (Å²) in [6.45, 7) is 2.11. The molecule has 1 heterocycles. The van der Waals surface area contributed by atoms with Crippen LogP contribution in [-0.4, -0.2) is 6.04 Å². The summed E-state index contributed by atoms with van der Waals surface area (Å²) in [5.74, 6) is 0. The second-order valence-corrected chi connectivity index (χ2v) is 4.76. The third kappa shape index (κ3) is 1.79. The molecule has 0 aliphatic carbocycles. The molecule has 18 heavy (non-hydrogen) atoms. The lowest BCUT2D eigenvalue weighted by molar-refractivity contribution is 0.626. The highest BCUT2D eigenvalue weighted by Gasteiger charge is 2.11. The van der Waals surface area contributed by atoms with Crippen LogP contribution in [0.25, 0.3) is 21.9 Å². The topological polar surface area (TPSA) is 39.2 Å². The second kappa shape index (κ2) is 4.46. The van der Waals surface area contributed by atoms with Crippen molar-refractivity contribution < 1.29 is 4.42 Å². The smallest absolute Gasteiger partial charge is 0.138 e. The maximum Gasteiger partial charge on any atom is 0.138 e. The first-order valence-corrected chi connectivity index (χ1v) is 6.44. The van der Waals surface area contributed by atoms with E-state index in [1.165, 1.54) is 16.3 Å². The average Bonchev–Trinajstić information content (AvgIpc) is 2.78. The van der Waals surface area contributed by atoms with E-state index in [0.29, 0.717) is 0 Å². The van der Waals surface area contributed by atoms with Crippen LogP contribution in [0.5, 0.6) is 0 Å². The predicted molar refractivity (Wildman–Crippen MR) is 75.7 cm³/mol. The van der Waals surface area contributed by atoms with E-state index in [1.54, 1.807) is 0 Å². The molecular formula is C16H17NO. The van der Waals surface area contributed by atoms with Crippen molar-refractivity contribution in [3.63, 3.8) is 0 Å². The van der Waals surface area contributed by atoms with Crippen LogP contribution in [0, 0.1) is 0 Å². The molecule has 0 aliphatic heterocycles. The van der Waals surface area contributed by atoms with Crippen molar-refractivity contribution in [3.05, 3.63) is 48.0 Å². The molecule has 0 saturated carbocycles. The van der Waals surface area contributed by atoms with Crippen molar-refractivity contribution in [3.8, 4) is 0 Å². The van der Waals surface area contributed by atoms with E-state index >= 15 is 0 Å². The van der Waals surface area contributed by atoms with Gasteiger partial charge in [-0.1, -0.05) is 43.3 Å². The number of para-hydroxylation sites is 2. The van der Waals surface area contributed by atoms with E-state index in [-0.39, 0.29) is 6.04 Å². The Morgan fingerprint density at radius 1 is 1.06 bits per heavy atom. The predicted octanol–water partition coefficient (Wildman–Crippen LogP) is 3.87. The van der Waals surface area contributed by atoms with E-state index < -0.39 is 0 Å². The van der Waals surface area contributed by atoms with Gasteiger partial charge in [-0.15, -0.1) is 0 Å². The quantitative estimate of drug-likeness (QED) is 0.753. The number of rotatable bonds is 3. The van der Waals surface area contributed by atoms with Gasteiger partial charge in [0.1, 0.15) is 11.2 Å². The number of nitrogens with two attached hydrogens (primary N) is 1. The van der Waals surface area contributed by atoms with Crippen molar-refractivity contribution in [2.45, 2.75) is 25.8 Å². The Morgan fingerprint density at radius 2 is 1.83 bits per heavy atom. The Balaban J connectivity index is 2.21. The van der Waals surface area contributed by atoms with Gasteiger partial charge in [0.2, 0.25) is 0 Å². The maximum absolute atomic E-state index is 6.05. The first-order chi connectivity index (χ1) is 8.79. The standard InChI is InChI=1S/C16H17NO/c1-2-12(17)10-11-6-5-8-14-13-7-3-4-9-15(13)18-16(11)14/h3-9,12H,2,10,17H2,1H3. The van der Waals surface area contributed by atoms with Gasteiger partial charge in [-0.3, -0.25) is 0 Å². The molecule has 1 aromatic heterocycles. The van der Waals surface area contributed by atoms with Crippen molar-refractivity contribution >= 4 is 21.9 Å². The van der Waals surface area contributed by atoms with Crippen molar-refractivity contribution in [1.82, 2.24) is 0 Å². The third-order valence-electron chi connectivity index (χ3n) is 3.49. The van der Waals surface area contributed by atoms with Crippen LogP contribution < -0.4 is 5.73 Å². The van der Waals surface area contributed by atoms with Crippen LogP contribution in [0.3, 0.4) is 0 Å². The first-order valence-electron chi connectivity index (χ1n) is 6.44. The molecular weight excluding hydrogens is 222 g/mol. The summed E-state index contributed by atoms with van der Waals surface area (Å²) in [4.78, 5) is 0. The van der Waals surface area contributed by atoms with Crippen molar-refractivity contribution in [2.75, 3.05) is 0 Å². The van der Waals surface area contributed by atoms with Gasteiger partial charge in [-0.2, -0.15) is 0 Å². The van der Waals surface area contributed by atoms with E-state index in [9.17, 15) is 0 Å². The molecule has 1 unspecified atom stereocenters. The van der Waals surface area contributed by atoms with E-state index in [4.69, 9.17) is 10.2 Å². The Labute approximate surface area is 106 Å². The molecule has 3 rings (SSSR count). The molecule has 0 amide bonds. The summed E-state index contributed by atoms with van der Waals surface area (Å²) >= 11 is 0. The van der Waals surface area contributed by atoms with Gasteiger partial charge in [0.25, 0.3) is 0 Å². The molecule has 2 N–H and O–H groups in total. The minimum Gasteiger partial charge on any atom is -0.456 e. The summed E-state index contributed by atoms with van der Waals surface area (Å²) in [7, 11) is 0. The van der Waals surface area contributed by atoms with Crippen LogP contribution in [-0.2, 0) is 6.42 Å². The highest BCUT2D eigenvalue weighted by Crippen LogP contribution is 2.31. The average molecular weight is 239 g/mol. The lowest BCUT2D eigenvalue weighted by atomic mass is 10.0. The zero-order valence-corrected chi connectivity index (χ0v) is 10.5. The zero-order valence-electron chi connectivity index (χ0n) is 10.5. The number of hydrogen-bond donors (Lipinski definition) is 1. The lowest BCUT2D eigenvalue weighted by Gasteiger charge is -2.08. The molecule has 92 valence electrons. The van der Waals surface area contributed by atoms with Crippen LogP contribution in [0.4, 0.5) is 0 Å². The molecule has 2 heteroatoms. The summed E-state index contributed by atoms with van der Waals surface area (Å²) in [5, 5.41) is 2.37. The Kier molecular flexibility index (Phi) is 2.80. The largest absolute Gasteiger partial charge is 0.456 e. The van der Waals surface area contributed by atoms with Crippen LogP contribution in [0.15, 0.2) is 46.9 Å². The Morgan fingerprint density at radius 3 is 2.67 bits per heavy atom. The molecule has 0 bridgehead atoms. The van der Waals surface area contributed by atoms with Gasteiger partial charge in [0, 0.05) is 16.8 Å². The fraction of sp³-hybridized carbons (Fsp3) is 0.250. The molecule has 0 aliphatic rings. The number of furan rings is 1. The normalized spacial score (nSPS) is 13.2. The fourth-order valence-electron chi connectivity index (χ4n) is 2.39. The highest BCUT2D eigenvalue weighted by atomic mass is 16.3. The lowest BCUT2D eigenvalue weighted by Crippen LogP contribution is -2.21. The van der Waals surface area contributed by atoms with Gasteiger partial charge in [-0.05, 0) is 24.5 Å². The van der Waals surface area contributed by atoms with Crippen LogP contribution >= 0.6 is 0 Å². The van der Waals surface area contributed by atoms with Crippen LogP contribution in [0.2, 0.25) is 0 Å². The second-order valence-electron chi connectivity index (χ2n) is 4.76. The van der Waals surface area contributed by atoms with Gasteiger partial charge < -0.3 is 10.2 Å². The monoisotopic (exact) mass is 239 g/mol. The molecule has 0 spiro atoms. The fourth-order valence-corrected chi connectivity index (χ4v) is 2.39. The Bertz CT molecular complexity index is 684. The molecule has 1 atom stereocenters. The molecule has 2 nitrogen and oxygen atoms in total. The number of benzene rings is 2. The first kappa shape index (κ1) is 11.3. The van der Waals surface area contributed by atoms with Gasteiger partial charge >= 0.3 is 0 Å². The van der Waals surface area contributed by atoms with Crippen molar-refractivity contribution in [1.29, 1.82) is 0 Å². The Hall–Kier alpha value is -1.80. The molecule has 0 saturated heterocycles. The highest BCUT2D eigenvalue weighted by molar-refractivity contribution is 6.05. The molecule has 2 aromatic carbocycles. The minimum atomic E-state index is 0.198. The SMILES string of the molecule is CCC(N)Cc1cccc2c1oc1ccccc12. The van der Waals surface area contributed by atoms with E-state index in [2.05, 4.69) is 31.2 Å². The van der Waals surface area contributed by atoms with Gasteiger partial charge in [-0.25, -0.2) is 0 Å². The van der Waals surface area contributed by atoms with Crippen molar-refractivity contribution in [2.24, 2.45) is 5.73 Å². The summed E-state index contributed by atoms with van der Waals surface area (Å²) in [6.07, 6.45) is 1.85. The van der Waals surface area contributed by atoms with Gasteiger partial charge in [0.05, 0.1) is 0 Å². The summed E-state index contributed by atoms with van der Waals surface area (Å²) in [6, 6.07) is 14.7. The molecule has 3 aromatic rings. The van der Waals surface area contributed by atoms with Gasteiger partial charge in [0.15, 0.2) is 0 Å². The number of fused-ring (bicyclic) bond motifs is 3. The minimum absolute atomic E-state index is 0.198. The molecule has 0 fully saturated rings. The van der Waals surface area contributed by atoms with Crippen LogP contribution in [0.1, 0.15) is 18.9 Å². The summed E-state index contributed by atoms with van der Waals surface area (Å²) in [5.41, 5.74) is 9.19. The third-order valence-corrected chi connectivity index (χ3v) is 3.49. The maximum atomic E-state index is 6.05. The van der Waals surface area contributed by atoms with E-state index in [0.717, 1.165) is 24.0 Å². The number of hydrogen-bond acceptors (Lipinski definition) is 2. The summed E-state index contributed by atoms with van der Waals surface area (Å²) < 4.78 is 5.97. The van der Waals surface area contributed by atoms with E-state index in [1.807, 2.05) is 18.2 Å². The molecule has 0 radical (unpaired) electrons.